The van der Waals surface area contributed by atoms with E-state index in [1.54, 1.807) is 0 Å². The van der Waals surface area contributed by atoms with Gasteiger partial charge in [-0.2, -0.15) is 0 Å². The van der Waals surface area contributed by atoms with E-state index >= 15 is 0 Å². The van der Waals surface area contributed by atoms with Crippen molar-refractivity contribution in [2.24, 2.45) is 0 Å². The molecule has 2 heterocycles. The topological polar surface area (TPSA) is 74.8 Å². The summed E-state index contributed by atoms with van der Waals surface area (Å²) in [6.07, 6.45) is 23.3. The van der Waals surface area contributed by atoms with Crippen LogP contribution in [-0.4, -0.2) is 33.4 Å². The van der Waals surface area contributed by atoms with E-state index in [9.17, 15) is 19.2 Å². The molecular weight excluding hydrogens is 645 g/mol. The molecule has 274 valence electrons. The molecule has 0 bridgehead atoms. The summed E-state index contributed by atoms with van der Waals surface area (Å²) in [5.74, 6) is -0.835. The highest BCUT2D eigenvalue weighted by molar-refractivity contribution is 6.20. The van der Waals surface area contributed by atoms with E-state index in [1.807, 2.05) is 24.3 Å². The number of rotatable bonds is 16. The lowest BCUT2D eigenvalue weighted by Crippen LogP contribution is -2.32. The van der Waals surface area contributed by atoms with Crippen molar-refractivity contribution in [1.82, 2.24) is 9.80 Å². The van der Waals surface area contributed by atoms with Crippen molar-refractivity contribution >= 4 is 23.6 Å². The van der Waals surface area contributed by atoms with Crippen LogP contribution in [0.5, 0.6) is 0 Å². The molecule has 0 atom stereocenters. The summed E-state index contributed by atoms with van der Waals surface area (Å²) in [5.41, 5.74) is 12.0. The van der Waals surface area contributed by atoms with Crippen molar-refractivity contribution in [2.45, 2.75) is 132 Å². The van der Waals surface area contributed by atoms with Crippen LogP contribution < -0.4 is 0 Å². The van der Waals surface area contributed by atoms with Gasteiger partial charge in [-0.15, -0.1) is 0 Å². The van der Waals surface area contributed by atoms with Gasteiger partial charge >= 0.3 is 0 Å². The van der Waals surface area contributed by atoms with Crippen molar-refractivity contribution in [1.29, 1.82) is 0 Å². The molecule has 0 spiro atoms. The Hall–Kier alpha value is -4.58. The maximum atomic E-state index is 13.5. The van der Waals surface area contributed by atoms with Crippen molar-refractivity contribution in [3.63, 3.8) is 0 Å². The van der Waals surface area contributed by atoms with Crippen molar-refractivity contribution in [2.75, 3.05) is 0 Å². The molecule has 0 saturated carbocycles. The number of carbonyl (C=O) groups excluding carboxylic acids is 4. The monoisotopic (exact) mass is 700 g/mol. The maximum Gasteiger partial charge on any atom is 0.257 e. The van der Waals surface area contributed by atoms with Gasteiger partial charge in [0.2, 0.25) is 0 Å². The van der Waals surface area contributed by atoms with E-state index in [0.717, 1.165) is 62.5 Å². The summed E-state index contributed by atoms with van der Waals surface area (Å²) in [7, 11) is 0. The van der Waals surface area contributed by atoms with Crippen LogP contribution >= 0.6 is 0 Å². The molecule has 0 aromatic heterocycles. The smallest absolute Gasteiger partial charge is 0.257 e. The predicted molar refractivity (Wildman–Crippen MR) is 210 cm³/mol. The highest BCUT2D eigenvalue weighted by Gasteiger charge is 2.40. The lowest BCUT2D eigenvalue weighted by Gasteiger charge is -2.18. The third-order valence-corrected chi connectivity index (χ3v) is 10.5. The molecule has 4 aliphatic rings. The van der Waals surface area contributed by atoms with Gasteiger partial charge in [-0.25, -0.2) is 0 Å². The second kappa shape index (κ2) is 17.8. The van der Waals surface area contributed by atoms with Gasteiger partial charge in [0.1, 0.15) is 0 Å². The zero-order valence-electron chi connectivity index (χ0n) is 32.2. The molecule has 6 nitrogen and oxygen atoms in total. The molecule has 52 heavy (non-hydrogen) atoms. The van der Waals surface area contributed by atoms with E-state index in [4.69, 9.17) is 0 Å². The number of allylic oxidation sites excluding steroid dienone is 12. The van der Waals surface area contributed by atoms with Gasteiger partial charge in [0.05, 0.1) is 13.1 Å². The first-order chi connectivity index (χ1) is 24.9. The second-order valence-corrected chi connectivity index (χ2v) is 15.4. The number of hydrogen-bond acceptors (Lipinski definition) is 4. The second-order valence-electron chi connectivity index (χ2n) is 15.4. The minimum Gasteiger partial charge on any atom is -0.270 e. The molecule has 6 heteroatoms. The largest absolute Gasteiger partial charge is 0.270 e. The maximum absolute atomic E-state index is 13.5. The van der Waals surface area contributed by atoms with Gasteiger partial charge in [0, 0.05) is 22.3 Å². The fourth-order valence-corrected chi connectivity index (χ4v) is 7.48. The molecule has 2 aliphatic carbocycles. The molecule has 1 aromatic carbocycles. The average Bonchev–Trinajstić information content (AvgIpc) is 3.47. The van der Waals surface area contributed by atoms with Crippen LogP contribution in [-0.2, 0) is 32.3 Å². The van der Waals surface area contributed by atoms with E-state index < -0.39 is 0 Å². The molecule has 0 unspecified atom stereocenters. The predicted octanol–water partition coefficient (Wildman–Crippen LogP) is 10.4. The lowest BCUT2D eigenvalue weighted by atomic mass is 9.90. The van der Waals surface area contributed by atoms with Crippen LogP contribution in [0.3, 0.4) is 0 Å². The standard InChI is InChI=1S/C46H56N2O4/c1-31(2)12-7-14-33(5)16-9-18-35-22-24-39-41(27-35)45(51)47(43(39)49)29-37-20-11-21-38(26-37)30-48-44(50)40-25-23-36(28-42(40)46(48)52)19-10-17-34(6)15-8-13-32(3)4/h11-13,16-17,20-23,26H,7-10,14-15,18-19,24-25,27-30H2,1-6H3. The van der Waals surface area contributed by atoms with E-state index in [-0.39, 0.29) is 36.7 Å². The van der Waals surface area contributed by atoms with E-state index in [2.05, 4.69) is 78.0 Å². The molecule has 0 fully saturated rings. The van der Waals surface area contributed by atoms with Gasteiger partial charge in [-0.05, 0) is 130 Å². The minimum atomic E-state index is -0.213. The summed E-state index contributed by atoms with van der Waals surface area (Å²) in [6, 6.07) is 7.55. The van der Waals surface area contributed by atoms with Crippen molar-refractivity contribution in [3.8, 4) is 0 Å². The Labute approximate surface area is 311 Å². The molecule has 0 N–H and O–H groups in total. The van der Waals surface area contributed by atoms with Crippen LogP contribution in [0.15, 0.2) is 116 Å². The normalized spacial score (nSPS) is 17.9. The Balaban J connectivity index is 1.12. The van der Waals surface area contributed by atoms with Crippen LogP contribution in [0.2, 0.25) is 0 Å². The average molecular weight is 701 g/mol. The number of hydrogen-bond donors (Lipinski definition) is 0. The first-order valence-electron chi connectivity index (χ1n) is 19.1. The molecule has 4 amide bonds. The number of nitrogens with zero attached hydrogens (tertiary/aromatic N) is 2. The zero-order valence-corrected chi connectivity index (χ0v) is 32.2. The molecule has 0 saturated heterocycles. The third kappa shape index (κ3) is 9.84. The Bertz CT molecular complexity index is 1730. The molecule has 5 rings (SSSR count). The summed E-state index contributed by atoms with van der Waals surface area (Å²) in [5, 5.41) is 0. The number of benzene rings is 1. The fourth-order valence-electron chi connectivity index (χ4n) is 7.48. The van der Waals surface area contributed by atoms with E-state index in [1.165, 1.54) is 43.2 Å². The number of imide groups is 2. The Kier molecular flexibility index (Phi) is 13.2. The summed E-state index contributed by atoms with van der Waals surface area (Å²) in [6.45, 7) is 13.2. The van der Waals surface area contributed by atoms with Crippen molar-refractivity contribution in [3.05, 3.63) is 128 Å². The van der Waals surface area contributed by atoms with Gasteiger partial charge in [0.25, 0.3) is 23.6 Å². The number of amides is 4. The fraction of sp³-hybridized carbons (Fsp3) is 0.435. The highest BCUT2D eigenvalue weighted by atomic mass is 16.2. The summed E-state index contributed by atoms with van der Waals surface area (Å²) >= 11 is 0. The first kappa shape index (κ1) is 38.6. The highest BCUT2D eigenvalue weighted by Crippen LogP contribution is 2.37. The lowest BCUT2D eigenvalue weighted by molar-refractivity contribution is -0.139. The first-order valence-corrected chi connectivity index (χ1v) is 19.1. The Morgan fingerprint density at radius 1 is 0.558 bits per heavy atom. The molecule has 2 aliphatic heterocycles. The van der Waals surface area contributed by atoms with Gasteiger partial charge in [-0.3, -0.25) is 29.0 Å². The minimum absolute atomic E-state index is 0.161. The quantitative estimate of drug-likeness (QED) is 0.127. The van der Waals surface area contributed by atoms with Gasteiger partial charge in [0.15, 0.2) is 0 Å². The molecule has 0 radical (unpaired) electrons. The van der Waals surface area contributed by atoms with Gasteiger partial charge in [-0.1, -0.05) is 94.2 Å². The third-order valence-electron chi connectivity index (χ3n) is 10.5. The van der Waals surface area contributed by atoms with Crippen molar-refractivity contribution < 1.29 is 19.2 Å². The van der Waals surface area contributed by atoms with Crippen LogP contribution in [0, 0.1) is 0 Å². The Morgan fingerprint density at radius 3 is 1.37 bits per heavy atom. The zero-order chi connectivity index (χ0) is 37.4. The van der Waals surface area contributed by atoms with Crippen LogP contribution in [0.1, 0.15) is 130 Å². The SMILES string of the molecule is CC(C)=CCCC(C)=CCCC1=CCC2=C(C1)C(=O)N(Cc1cccc(CN3C(=O)C4=C(CC(CCC=C(C)CCC=C(C)C)=CC4)C3=O)c1)C2=O. The van der Waals surface area contributed by atoms with Gasteiger partial charge < -0.3 is 0 Å². The number of carbonyl (C=O) groups is 4. The Morgan fingerprint density at radius 2 is 0.962 bits per heavy atom. The molecular formula is C46H56N2O4. The molecule has 1 aromatic rings. The summed E-state index contributed by atoms with van der Waals surface area (Å²) in [4.78, 5) is 56.5. The van der Waals surface area contributed by atoms with Crippen LogP contribution in [0.4, 0.5) is 0 Å². The van der Waals surface area contributed by atoms with Crippen LogP contribution in [0.25, 0.3) is 0 Å². The van der Waals surface area contributed by atoms with E-state index in [0.29, 0.717) is 48.0 Å². The summed E-state index contributed by atoms with van der Waals surface area (Å²) < 4.78 is 0.